The van der Waals surface area contributed by atoms with E-state index in [1.54, 1.807) is 0 Å². The van der Waals surface area contributed by atoms with Gasteiger partial charge in [0.1, 0.15) is 0 Å². The van der Waals surface area contributed by atoms with Crippen LogP contribution in [-0.4, -0.2) is 36.1 Å². The smallest absolute Gasteiger partial charge is 0.0767 e. The molecular weight excluding hydrogens is 118 g/mol. The van der Waals surface area contributed by atoms with Crippen LogP contribution in [0.5, 0.6) is 0 Å². The van der Waals surface area contributed by atoms with Crippen LogP contribution in [0, 0.1) is 5.92 Å². The lowest BCUT2D eigenvalue weighted by atomic mass is 10.1. The zero-order valence-corrected chi connectivity index (χ0v) is 5.29. The summed E-state index contributed by atoms with van der Waals surface area (Å²) in [5.41, 5.74) is 0. The summed E-state index contributed by atoms with van der Waals surface area (Å²) in [4.78, 5) is 0. The summed E-state index contributed by atoms with van der Waals surface area (Å²) in [6.45, 7) is 2.42. The minimum absolute atomic E-state index is 0.329. The molecule has 2 fully saturated rings. The maximum absolute atomic E-state index is 8.99. The fourth-order valence-electron chi connectivity index (χ4n) is 1.66. The van der Waals surface area contributed by atoms with Crippen LogP contribution in [0.4, 0.5) is 0 Å². The molecule has 0 aromatic heterocycles. The van der Waals surface area contributed by atoms with Crippen LogP contribution < -0.4 is 0 Å². The Labute approximate surface area is 54.2 Å². The van der Waals surface area contributed by atoms with Gasteiger partial charge in [-0.1, -0.05) is 0 Å². The molecule has 0 spiro atoms. The largest absolute Gasteiger partial charge is 0.376 e. The predicted molar refractivity (Wildman–Crippen MR) is 31.2 cm³/mol. The van der Waals surface area contributed by atoms with Crippen molar-refractivity contribution in [2.24, 2.45) is 5.92 Å². The topological polar surface area (TPSA) is 32.7 Å². The maximum atomic E-state index is 8.99. The average Bonchev–Trinajstić information content (AvgIpc) is 2.22. The van der Waals surface area contributed by atoms with Gasteiger partial charge in [-0.05, 0) is 6.42 Å². The van der Waals surface area contributed by atoms with Crippen molar-refractivity contribution in [3.05, 3.63) is 0 Å². The number of hydrogen-bond acceptors (Lipinski definition) is 3. The van der Waals surface area contributed by atoms with Gasteiger partial charge in [0.15, 0.2) is 0 Å². The first-order valence-corrected chi connectivity index (χ1v) is 3.41. The second kappa shape index (κ2) is 1.94. The summed E-state index contributed by atoms with van der Waals surface area (Å²) in [6, 6.07) is 0. The lowest BCUT2D eigenvalue weighted by molar-refractivity contribution is -0.0839. The third kappa shape index (κ3) is 0.852. The third-order valence-electron chi connectivity index (χ3n) is 2.18. The number of hydroxylamine groups is 2. The standard InChI is InChI=1S/C6H11NO2/c8-7-3-5-1-2-9-6(5)4-7/h5-6,8H,1-4H2. The van der Waals surface area contributed by atoms with Crippen LogP contribution in [0.15, 0.2) is 0 Å². The lowest BCUT2D eigenvalue weighted by Gasteiger charge is -2.05. The van der Waals surface area contributed by atoms with Crippen molar-refractivity contribution in [1.29, 1.82) is 0 Å². The van der Waals surface area contributed by atoms with Crippen LogP contribution in [0.3, 0.4) is 0 Å². The van der Waals surface area contributed by atoms with E-state index in [0.29, 0.717) is 18.6 Å². The molecule has 2 heterocycles. The van der Waals surface area contributed by atoms with Crippen molar-refractivity contribution in [1.82, 2.24) is 5.06 Å². The van der Waals surface area contributed by atoms with Gasteiger partial charge in [-0.2, -0.15) is 5.06 Å². The summed E-state index contributed by atoms with van der Waals surface area (Å²) in [6.07, 6.45) is 1.46. The molecule has 0 radical (unpaired) electrons. The van der Waals surface area contributed by atoms with Gasteiger partial charge in [-0.15, -0.1) is 0 Å². The molecule has 3 nitrogen and oxygen atoms in total. The molecule has 0 amide bonds. The van der Waals surface area contributed by atoms with Gasteiger partial charge in [0.05, 0.1) is 12.6 Å². The van der Waals surface area contributed by atoms with Gasteiger partial charge >= 0.3 is 0 Å². The Kier molecular flexibility index (Phi) is 1.22. The predicted octanol–water partition coefficient (Wildman–Crippen LogP) is 0.0963. The fourth-order valence-corrected chi connectivity index (χ4v) is 1.66. The first kappa shape index (κ1) is 5.65. The second-order valence-electron chi connectivity index (χ2n) is 2.83. The summed E-state index contributed by atoms with van der Waals surface area (Å²) in [5.74, 6) is 0.606. The van der Waals surface area contributed by atoms with E-state index < -0.39 is 0 Å². The molecule has 1 N–H and O–H groups in total. The molecule has 0 aromatic carbocycles. The number of nitrogens with zero attached hydrogens (tertiary/aromatic N) is 1. The Morgan fingerprint density at radius 3 is 3.11 bits per heavy atom. The molecule has 0 aliphatic carbocycles. The molecule has 9 heavy (non-hydrogen) atoms. The van der Waals surface area contributed by atoms with Crippen molar-refractivity contribution >= 4 is 0 Å². The van der Waals surface area contributed by atoms with Gasteiger partial charge in [-0.25, -0.2) is 0 Å². The van der Waals surface area contributed by atoms with E-state index in [9.17, 15) is 0 Å². The fraction of sp³-hybridized carbons (Fsp3) is 1.00. The molecule has 2 rings (SSSR count). The minimum Gasteiger partial charge on any atom is -0.376 e. The first-order valence-electron chi connectivity index (χ1n) is 3.41. The minimum atomic E-state index is 0.329. The second-order valence-corrected chi connectivity index (χ2v) is 2.83. The Morgan fingerprint density at radius 2 is 2.33 bits per heavy atom. The summed E-state index contributed by atoms with van der Waals surface area (Å²) < 4.78 is 5.35. The van der Waals surface area contributed by atoms with Crippen molar-refractivity contribution in [2.75, 3.05) is 19.7 Å². The Balaban J connectivity index is 2.02. The monoisotopic (exact) mass is 129 g/mol. The normalized spacial score (nSPS) is 43.7. The van der Waals surface area contributed by atoms with Crippen molar-refractivity contribution in [3.8, 4) is 0 Å². The Bertz CT molecular complexity index is 106. The first-order chi connectivity index (χ1) is 4.36. The number of fused-ring (bicyclic) bond motifs is 1. The van der Waals surface area contributed by atoms with Gasteiger partial charge < -0.3 is 9.94 Å². The molecule has 0 saturated carbocycles. The molecule has 2 unspecified atom stereocenters. The quantitative estimate of drug-likeness (QED) is 0.503. The average molecular weight is 129 g/mol. The highest BCUT2D eigenvalue weighted by Gasteiger charge is 2.36. The Morgan fingerprint density at radius 1 is 1.44 bits per heavy atom. The van der Waals surface area contributed by atoms with E-state index in [4.69, 9.17) is 9.94 Å². The molecule has 2 saturated heterocycles. The molecular formula is C6H11NO2. The Hall–Kier alpha value is -0.120. The van der Waals surface area contributed by atoms with E-state index in [1.807, 2.05) is 0 Å². The van der Waals surface area contributed by atoms with Crippen molar-refractivity contribution in [2.45, 2.75) is 12.5 Å². The van der Waals surface area contributed by atoms with E-state index in [0.717, 1.165) is 19.6 Å². The zero-order chi connectivity index (χ0) is 6.27. The number of hydrogen-bond donors (Lipinski definition) is 1. The third-order valence-corrected chi connectivity index (χ3v) is 2.18. The number of rotatable bonds is 0. The van der Waals surface area contributed by atoms with E-state index in [1.165, 1.54) is 5.06 Å². The summed E-state index contributed by atoms with van der Waals surface area (Å²) in [5, 5.41) is 10.3. The lowest BCUT2D eigenvalue weighted by Crippen LogP contribution is -2.18. The highest BCUT2D eigenvalue weighted by Crippen LogP contribution is 2.27. The molecule has 2 aliphatic rings. The highest BCUT2D eigenvalue weighted by molar-refractivity contribution is 4.84. The maximum Gasteiger partial charge on any atom is 0.0767 e. The van der Waals surface area contributed by atoms with Crippen LogP contribution in [0.1, 0.15) is 6.42 Å². The van der Waals surface area contributed by atoms with Crippen LogP contribution in [0.2, 0.25) is 0 Å². The molecule has 52 valence electrons. The molecule has 2 aliphatic heterocycles. The van der Waals surface area contributed by atoms with Crippen LogP contribution >= 0.6 is 0 Å². The van der Waals surface area contributed by atoms with Gasteiger partial charge in [0.2, 0.25) is 0 Å². The zero-order valence-electron chi connectivity index (χ0n) is 5.29. The molecule has 2 atom stereocenters. The van der Waals surface area contributed by atoms with Gasteiger partial charge in [0.25, 0.3) is 0 Å². The van der Waals surface area contributed by atoms with Gasteiger partial charge in [-0.3, -0.25) is 0 Å². The van der Waals surface area contributed by atoms with E-state index in [-0.39, 0.29) is 0 Å². The van der Waals surface area contributed by atoms with Gasteiger partial charge in [0, 0.05) is 19.1 Å². The van der Waals surface area contributed by atoms with Crippen LogP contribution in [0.25, 0.3) is 0 Å². The summed E-state index contributed by atoms with van der Waals surface area (Å²) >= 11 is 0. The van der Waals surface area contributed by atoms with E-state index >= 15 is 0 Å². The van der Waals surface area contributed by atoms with Crippen molar-refractivity contribution in [3.63, 3.8) is 0 Å². The number of ether oxygens (including phenoxy) is 1. The van der Waals surface area contributed by atoms with E-state index in [2.05, 4.69) is 0 Å². The molecule has 0 bridgehead atoms. The molecule has 3 heteroatoms. The SMILES string of the molecule is ON1CC2CCOC2C1. The molecule has 0 aromatic rings. The summed E-state index contributed by atoms with van der Waals surface area (Å²) in [7, 11) is 0. The van der Waals surface area contributed by atoms with Crippen molar-refractivity contribution < 1.29 is 9.94 Å². The highest BCUT2D eigenvalue weighted by atomic mass is 16.5. The van der Waals surface area contributed by atoms with Crippen LogP contribution in [-0.2, 0) is 4.74 Å².